The zero-order valence-electron chi connectivity index (χ0n) is 11.2. The third-order valence-corrected chi connectivity index (χ3v) is 4.86. The maximum Gasteiger partial charge on any atom is 0.230 e. The molecule has 0 aliphatic heterocycles. The van der Waals surface area contributed by atoms with Crippen LogP contribution in [0.1, 0.15) is 37.3 Å². The lowest BCUT2D eigenvalue weighted by molar-refractivity contribution is 0.426. The van der Waals surface area contributed by atoms with Gasteiger partial charge in [0.05, 0.1) is 11.3 Å². The summed E-state index contributed by atoms with van der Waals surface area (Å²) in [4.78, 5) is 0. The highest BCUT2D eigenvalue weighted by atomic mass is 19.1. The number of anilines is 1. The molecule has 20 heavy (non-hydrogen) atoms. The summed E-state index contributed by atoms with van der Waals surface area (Å²) in [6, 6.07) is 6.69. The molecule has 4 heteroatoms. The van der Waals surface area contributed by atoms with Crippen LogP contribution in [0.3, 0.4) is 0 Å². The van der Waals surface area contributed by atoms with Gasteiger partial charge in [0.25, 0.3) is 0 Å². The van der Waals surface area contributed by atoms with Crippen molar-refractivity contribution in [2.24, 2.45) is 11.8 Å². The van der Waals surface area contributed by atoms with Crippen LogP contribution in [-0.2, 0) is 0 Å². The van der Waals surface area contributed by atoms with E-state index in [0.717, 1.165) is 5.69 Å². The van der Waals surface area contributed by atoms with Gasteiger partial charge in [0.1, 0.15) is 5.82 Å². The number of nitrogens with zero attached hydrogens (tertiary/aromatic N) is 1. The lowest BCUT2D eigenvalue weighted by Gasteiger charge is -2.04. The van der Waals surface area contributed by atoms with Gasteiger partial charge in [-0.25, -0.2) is 4.39 Å². The number of aromatic nitrogens is 1. The predicted molar refractivity (Wildman–Crippen MR) is 74.5 cm³/mol. The molecule has 2 unspecified atom stereocenters. The Balaban J connectivity index is 1.78. The average molecular weight is 272 g/mol. The van der Waals surface area contributed by atoms with Gasteiger partial charge in [-0.2, -0.15) is 0 Å². The lowest BCUT2D eigenvalue weighted by Crippen LogP contribution is -1.93. The lowest BCUT2D eigenvalue weighted by atomic mass is 10.0. The highest BCUT2D eigenvalue weighted by molar-refractivity contribution is 5.76. The summed E-state index contributed by atoms with van der Waals surface area (Å²) in [5.41, 5.74) is 7.94. The van der Waals surface area contributed by atoms with Crippen LogP contribution in [0.25, 0.3) is 11.1 Å². The molecule has 2 N–H and O–H groups in total. The predicted octanol–water partition coefficient (Wildman–Crippen LogP) is 3.97. The Labute approximate surface area is 117 Å². The van der Waals surface area contributed by atoms with E-state index in [4.69, 9.17) is 10.3 Å². The van der Waals surface area contributed by atoms with E-state index < -0.39 is 0 Å². The standard InChI is InChI=1S/C16H17FN2O/c17-12-8-4-3-7-11(12)14-15(19-20-16(14)18)13-9-5-1-2-6-10(9)13/h3-4,7-10,13H,1-2,5-6,18H2. The fourth-order valence-corrected chi connectivity index (χ4v) is 3.88. The van der Waals surface area contributed by atoms with E-state index in [9.17, 15) is 4.39 Å². The molecule has 1 aromatic heterocycles. The highest BCUT2D eigenvalue weighted by Gasteiger charge is 2.54. The third kappa shape index (κ3) is 1.67. The van der Waals surface area contributed by atoms with Gasteiger partial charge in [-0.15, -0.1) is 0 Å². The molecular formula is C16H17FN2O. The molecule has 1 heterocycles. The first-order valence-corrected chi connectivity index (χ1v) is 7.27. The van der Waals surface area contributed by atoms with E-state index in [-0.39, 0.29) is 11.7 Å². The van der Waals surface area contributed by atoms with Gasteiger partial charge in [0, 0.05) is 11.5 Å². The summed E-state index contributed by atoms with van der Waals surface area (Å²) in [6.45, 7) is 0. The Bertz CT molecular complexity index is 640. The number of nitrogens with two attached hydrogens (primary N) is 1. The number of fused-ring (bicyclic) bond motifs is 1. The Morgan fingerprint density at radius 3 is 2.55 bits per heavy atom. The van der Waals surface area contributed by atoms with Crippen LogP contribution < -0.4 is 5.73 Å². The monoisotopic (exact) mass is 272 g/mol. The number of halogens is 1. The van der Waals surface area contributed by atoms with E-state index in [2.05, 4.69) is 5.16 Å². The fourth-order valence-electron chi connectivity index (χ4n) is 3.88. The van der Waals surface area contributed by atoms with Crippen molar-refractivity contribution < 1.29 is 8.91 Å². The maximum atomic E-state index is 14.0. The summed E-state index contributed by atoms with van der Waals surface area (Å²) >= 11 is 0. The minimum Gasteiger partial charge on any atom is -0.367 e. The first-order chi connectivity index (χ1) is 9.77. The van der Waals surface area contributed by atoms with Crippen LogP contribution in [0, 0.1) is 17.7 Å². The molecule has 0 bridgehead atoms. The van der Waals surface area contributed by atoms with E-state index in [1.807, 2.05) is 6.07 Å². The summed E-state index contributed by atoms with van der Waals surface area (Å²) in [6.07, 6.45) is 5.08. The van der Waals surface area contributed by atoms with Crippen LogP contribution in [0.5, 0.6) is 0 Å². The van der Waals surface area contributed by atoms with Crippen molar-refractivity contribution in [3.63, 3.8) is 0 Å². The first-order valence-electron chi connectivity index (χ1n) is 7.27. The molecule has 1 aromatic carbocycles. The van der Waals surface area contributed by atoms with Crippen molar-refractivity contribution in [1.82, 2.24) is 5.16 Å². The third-order valence-electron chi connectivity index (χ3n) is 4.86. The van der Waals surface area contributed by atoms with E-state index in [0.29, 0.717) is 28.9 Å². The van der Waals surface area contributed by atoms with Crippen molar-refractivity contribution in [3.05, 3.63) is 35.8 Å². The van der Waals surface area contributed by atoms with Crippen molar-refractivity contribution in [1.29, 1.82) is 0 Å². The largest absolute Gasteiger partial charge is 0.367 e. The minimum absolute atomic E-state index is 0.230. The summed E-state index contributed by atoms with van der Waals surface area (Å²) < 4.78 is 19.2. The molecule has 4 rings (SSSR count). The van der Waals surface area contributed by atoms with Crippen LogP contribution in [0.2, 0.25) is 0 Å². The number of benzene rings is 1. The van der Waals surface area contributed by atoms with Crippen LogP contribution in [-0.4, -0.2) is 5.16 Å². The molecule has 2 aromatic rings. The van der Waals surface area contributed by atoms with E-state index in [1.54, 1.807) is 12.1 Å². The zero-order chi connectivity index (χ0) is 13.7. The Kier molecular flexibility index (Phi) is 2.59. The normalized spacial score (nSPS) is 28.1. The molecule has 0 saturated heterocycles. The molecule has 0 radical (unpaired) electrons. The second-order valence-corrected chi connectivity index (χ2v) is 5.92. The molecular weight excluding hydrogens is 255 g/mol. The molecule has 2 fully saturated rings. The van der Waals surface area contributed by atoms with Gasteiger partial charge in [0.15, 0.2) is 0 Å². The van der Waals surface area contributed by atoms with Crippen molar-refractivity contribution in [3.8, 4) is 11.1 Å². The zero-order valence-corrected chi connectivity index (χ0v) is 11.2. The smallest absolute Gasteiger partial charge is 0.230 e. The molecule has 104 valence electrons. The number of nitrogen functional groups attached to an aromatic ring is 1. The second kappa shape index (κ2) is 4.33. The summed E-state index contributed by atoms with van der Waals surface area (Å²) in [5.74, 6) is 1.76. The van der Waals surface area contributed by atoms with Gasteiger partial charge >= 0.3 is 0 Å². The van der Waals surface area contributed by atoms with Gasteiger partial charge in [-0.1, -0.05) is 36.2 Å². The maximum absolute atomic E-state index is 14.0. The Hall–Kier alpha value is -1.84. The molecule has 2 saturated carbocycles. The molecule has 3 nitrogen and oxygen atoms in total. The number of hydrogen-bond acceptors (Lipinski definition) is 3. The highest BCUT2D eigenvalue weighted by Crippen LogP contribution is 2.62. The van der Waals surface area contributed by atoms with Gasteiger partial charge in [-0.3, -0.25) is 0 Å². The second-order valence-electron chi connectivity index (χ2n) is 5.92. The van der Waals surface area contributed by atoms with Crippen LogP contribution in [0.15, 0.2) is 28.8 Å². The number of rotatable bonds is 2. The molecule has 2 aliphatic carbocycles. The van der Waals surface area contributed by atoms with E-state index >= 15 is 0 Å². The Morgan fingerprint density at radius 1 is 1.15 bits per heavy atom. The fraction of sp³-hybridized carbons (Fsp3) is 0.438. The number of hydrogen-bond donors (Lipinski definition) is 1. The van der Waals surface area contributed by atoms with Crippen LogP contribution in [0.4, 0.5) is 10.3 Å². The minimum atomic E-state index is -0.271. The quantitative estimate of drug-likeness (QED) is 0.900. The topological polar surface area (TPSA) is 52.0 Å². The van der Waals surface area contributed by atoms with E-state index in [1.165, 1.54) is 31.7 Å². The van der Waals surface area contributed by atoms with Gasteiger partial charge in [-0.05, 0) is 30.7 Å². The van der Waals surface area contributed by atoms with Gasteiger partial charge in [0.2, 0.25) is 5.88 Å². The first kappa shape index (κ1) is 11.9. The van der Waals surface area contributed by atoms with Crippen molar-refractivity contribution in [2.45, 2.75) is 31.6 Å². The summed E-state index contributed by atoms with van der Waals surface area (Å²) in [7, 11) is 0. The van der Waals surface area contributed by atoms with Gasteiger partial charge < -0.3 is 10.3 Å². The Morgan fingerprint density at radius 2 is 1.85 bits per heavy atom. The van der Waals surface area contributed by atoms with Crippen molar-refractivity contribution >= 4 is 5.88 Å². The average Bonchev–Trinajstić information content (AvgIpc) is 3.08. The SMILES string of the molecule is Nc1onc(C2C3CCCCC32)c1-c1ccccc1F. The molecule has 0 amide bonds. The molecule has 2 atom stereocenters. The molecule has 0 spiro atoms. The van der Waals surface area contributed by atoms with Crippen molar-refractivity contribution in [2.75, 3.05) is 5.73 Å². The van der Waals surface area contributed by atoms with Crippen LogP contribution >= 0.6 is 0 Å². The molecule has 2 aliphatic rings. The summed E-state index contributed by atoms with van der Waals surface area (Å²) in [5, 5.41) is 4.15.